The van der Waals surface area contributed by atoms with Gasteiger partial charge in [-0.3, -0.25) is 4.79 Å². The van der Waals surface area contributed by atoms with E-state index in [1.54, 1.807) is 0 Å². The molecule has 0 aliphatic heterocycles. The first-order valence-electron chi connectivity index (χ1n) is 9.48. The Kier molecular flexibility index (Phi) is 5.63. The van der Waals surface area contributed by atoms with E-state index in [-0.39, 0.29) is 12.5 Å². The number of hydrogen-bond donors (Lipinski definition) is 1. The minimum atomic E-state index is -0.838. The maximum absolute atomic E-state index is 12.4. The van der Waals surface area contributed by atoms with Gasteiger partial charge in [-0.1, -0.05) is 78.9 Å². The van der Waals surface area contributed by atoms with Crippen LogP contribution >= 0.6 is 11.6 Å². The van der Waals surface area contributed by atoms with E-state index < -0.39 is 17.4 Å². The number of benzene rings is 3. The van der Waals surface area contributed by atoms with Crippen LogP contribution in [0.2, 0.25) is 0 Å². The molecule has 1 aliphatic rings. The standard InChI is InChI=1S/C24H20ClNO3/c25-23(27)22(14-16-8-2-1-3-9-16)26-24(28)29-15-21-19-12-6-4-10-17(19)18-11-5-7-13-20(18)21/h1-13,21-22H,14-15H2,(H,26,28)/t22-/m0/s1. The molecule has 0 bridgehead atoms. The maximum Gasteiger partial charge on any atom is 0.407 e. The summed E-state index contributed by atoms with van der Waals surface area (Å²) in [6, 6.07) is 24.8. The number of halogens is 1. The molecule has 1 N–H and O–H groups in total. The molecule has 0 saturated carbocycles. The lowest BCUT2D eigenvalue weighted by molar-refractivity contribution is -0.113. The molecule has 146 valence electrons. The minimum absolute atomic E-state index is 0.0348. The number of hydrogen-bond acceptors (Lipinski definition) is 3. The Morgan fingerprint density at radius 1 is 0.862 bits per heavy atom. The fraction of sp³-hybridized carbons (Fsp3) is 0.167. The molecular formula is C24H20ClNO3. The van der Waals surface area contributed by atoms with Crippen LogP contribution in [0.3, 0.4) is 0 Å². The van der Waals surface area contributed by atoms with Gasteiger partial charge in [-0.2, -0.15) is 0 Å². The summed E-state index contributed by atoms with van der Waals surface area (Å²) < 4.78 is 5.50. The second kappa shape index (κ2) is 8.50. The lowest BCUT2D eigenvalue weighted by atomic mass is 9.98. The average molecular weight is 406 g/mol. The molecule has 1 atom stereocenters. The van der Waals surface area contributed by atoms with E-state index in [9.17, 15) is 9.59 Å². The lowest BCUT2D eigenvalue weighted by Gasteiger charge is -2.17. The number of nitrogens with one attached hydrogen (secondary N) is 1. The third kappa shape index (κ3) is 4.17. The lowest BCUT2D eigenvalue weighted by Crippen LogP contribution is -2.41. The van der Waals surface area contributed by atoms with E-state index >= 15 is 0 Å². The molecule has 3 aromatic carbocycles. The number of alkyl carbamates (subject to hydrolysis) is 1. The van der Waals surface area contributed by atoms with Crippen LogP contribution in [-0.2, 0) is 16.0 Å². The summed E-state index contributed by atoms with van der Waals surface area (Å²) in [6.07, 6.45) is -0.338. The number of fused-ring (bicyclic) bond motifs is 3. The topological polar surface area (TPSA) is 55.4 Å². The van der Waals surface area contributed by atoms with Crippen molar-refractivity contribution in [1.82, 2.24) is 5.32 Å². The van der Waals surface area contributed by atoms with E-state index in [0.29, 0.717) is 6.42 Å². The highest BCUT2D eigenvalue weighted by molar-refractivity contribution is 6.64. The monoisotopic (exact) mass is 405 g/mol. The van der Waals surface area contributed by atoms with Gasteiger partial charge in [-0.25, -0.2) is 4.79 Å². The molecule has 0 heterocycles. The van der Waals surface area contributed by atoms with Gasteiger partial charge in [0.05, 0.1) is 0 Å². The molecule has 0 radical (unpaired) electrons. The molecule has 0 aromatic heterocycles. The average Bonchev–Trinajstić information content (AvgIpc) is 3.06. The summed E-state index contributed by atoms with van der Waals surface area (Å²) >= 11 is 5.69. The van der Waals surface area contributed by atoms with Crippen molar-refractivity contribution in [3.63, 3.8) is 0 Å². The molecule has 0 saturated heterocycles. The highest BCUT2D eigenvalue weighted by Crippen LogP contribution is 2.44. The van der Waals surface area contributed by atoms with Crippen molar-refractivity contribution in [3.05, 3.63) is 95.6 Å². The molecule has 1 aliphatic carbocycles. The fourth-order valence-corrected chi connectivity index (χ4v) is 3.95. The van der Waals surface area contributed by atoms with E-state index in [0.717, 1.165) is 27.8 Å². The summed E-state index contributed by atoms with van der Waals surface area (Å²) in [6.45, 7) is 0.189. The van der Waals surface area contributed by atoms with Gasteiger partial charge < -0.3 is 10.1 Å². The van der Waals surface area contributed by atoms with Crippen molar-refractivity contribution >= 4 is 22.9 Å². The van der Waals surface area contributed by atoms with Crippen LogP contribution in [0.5, 0.6) is 0 Å². The van der Waals surface area contributed by atoms with Gasteiger partial charge in [0.25, 0.3) is 0 Å². The molecular weight excluding hydrogens is 386 g/mol. The Morgan fingerprint density at radius 2 is 1.41 bits per heavy atom. The fourth-order valence-electron chi connectivity index (χ4n) is 3.82. The highest BCUT2D eigenvalue weighted by atomic mass is 35.5. The van der Waals surface area contributed by atoms with Crippen LogP contribution < -0.4 is 5.32 Å². The molecule has 4 rings (SSSR count). The molecule has 29 heavy (non-hydrogen) atoms. The van der Waals surface area contributed by atoms with Crippen molar-refractivity contribution < 1.29 is 14.3 Å². The summed E-state index contributed by atoms with van der Waals surface area (Å²) in [5.41, 5.74) is 5.50. The predicted octanol–water partition coefficient (Wildman–Crippen LogP) is 4.90. The summed E-state index contributed by atoms with van der Waals surface area (Å²) in [5, 5.41) is 1.97. The molecule has 0 spiro atoms. The summed E-state index contributed by atoms with van der Waals surface area (Å²) in [7, 11) is 0. The third-order valence-electron chi connectivity index (χ3n) is 5.19. The molecule has 0 fully saturated rings. The summed E-state index contributed by atoms with van der Waals surface area (Å²) in [4.78, 5) is 24.2. The first-order valence-corrected chi connectivity index (χ1v) is 9.86. The first kappa shape index (κ1) is 19.2. The van der Waals surface area contributed by atoms with Gasteiger partial charge in [-0.15, -0.1) is 0 Å². The van der Waals surface area contributed by atoms with Gasteiger partial charge in [0, 0.05) is 12.3 Å². The minimum Gasteiger partial charge on any atom is -0.449 e. The smallest absolute Gasteiger partial charge is 0.407 e. The Labute approximate surface area is 174 Å². The second-order valence-electron chi connectivity index (χ2n) is 7.02. The number of carbonyl (C=O) groups excluding carboxylic acids is 2. The van der Waals surface area contributed by atoms with Gasteiger partial charge in [0.1, 0.15) is 12.6 Å². The van der Waals surface area contributed by atoms with Gasteiger partial charge in [0.15, 0.2) is 0 Å². The van der Waals surface area contributed by atoms with E-state index in [2.05, 4.69) is 29.6 Å². The SMILES string of the molecule is O=C(N[C@@H](Cc1ccccc1)C(=O)Cl)OCC1c2ccccc2-c2ccccc21. The third-order valence-corrected chi connectivity index (χ3v) is 5.46. The number of amides is 1. The molecule has 1 amide bonds. The van der Waals surface area contributed by atoms with Crippen LogP contribution in [-0.4, -0.2) is 24.0 Å². The van der Waals surface area contributed by atoms with Crippen molar-refractivity contribution in [2.24, 2.45) is 0 Å². The number of rotatable bonds is 6. The van der Waals surface area contributed by atoms with Crippen molar-refractivity contribution in [3.8, 4) is 11.1 Å². The van der Waals surface area contributed by atoms with Gasteiger partial charge in [-0.05, 0) is 39.4 Å². The number of ether oxygens (including phenoxy) is 1. The van der Waals surface area contributed by atoms with Crippen LogP contribution in [0.15, 0.2) is 78.9 Å². The Hall–Kier alpha value is -3.11. The Balaban J connectivity index is 1.43. The predicted molar refractivity (Wildman–Crippen MR) is 113 cm³/mol. The quantitative estimate of drug-likeness (QED) is 0.593. The van der Waals surface area contributed by atoms with Crippen LogP contribution in [0.25, 0.3) is 11.1 Å². The van der Waals surface area contributed by atoms with Crippen LogP contribution in [0, 0.1) is 0 Å². The largest absolute Gasteiger partial charge is 0.449 e. The molecule has 4 nitrogen and oxygen atoms in total. The normalized spacial score (nSPS) is 13.3. The first-order chi connectivity index (χ1) is 14.1. The maximum atomic E-state index is 12.4. The molecule has 5 heteroatoms. The Bertz CT molecular complexity index is 990. The molecule has 0 unspecified atom stereocenters. The van der Waals surface area contributed by atoms with Crippen molar-refractivity contribution in [2.45, 2.75) is 18.4 Å². The molecule has 3 aromatic rings. The van der Waals surface area contributed by atoms with Crippen LogP contribution in [0.4, 0.5) is 4.79 Å². The van der Waals surface area contributed by atoms with Crippen LogP contribution in [0.1, 0.15) is 22.6 Å². The van der Waals surface area contributed by atoms with Crippen molar-refractivity contribution in [2.75, 3.05) is 6.61 Å². The zero-order valence-electron chi connectivity index (χ0n) is 15.7. The highest BCUT2D eigenvalue weighted by Gasteiger charge is 2.29. The second-order valence-corrected chi connectivity index (χ2v) is 7.39. The zero-order chi connectivity index (χ0) is 20.2. The van der Waals surface area contributed by atoms with Crippen molar-refractivity contribution in [1.29, 1.82) is 0 Å². The summed E-state index contributed by atoms with van der Waals surface area (Å²) in [5.74, 6) is -0.0348. The van der Waals surface area contributed by atoms with Gasteiger partial charge >= 0.3 is 6.09 Å². The zero-order valence-corrected chi connectivity index (χ0v) is 16.4. The van der Waals surface area contributed by atoms with E-state index in [1.165, 1.54) is 0 Å². The Morgan fingerprint density at radius 3 is 2.00 bits per heavy atom. The van der Waals surface area contributed by atoms with Gasteiger partial charge in [0.2, 0.25) is 5.24 Å². The van der Waals surface area contributed by atoms with E-state index in [4.69, 9.17) is 16.3 Å². The van der Waals surface area contributed by atoms with E-state index in [1.807, 2.05) is 54.6 Å². The number of carbonyl (C=O) groups is 2.